The summed E-state index contributed by atoms with van der Waals surface area (Å²) in [5, 5.41) is 0. The van der Waals surface area contributed by atoms with Gasteiger partial charge in [-0.15, -0.1) is 0 Å². The second-order valence-electron chi connectivity index (χ2n) is 4.86. The molecule has 0 heterocycles. The van der Waals surface area contributed by atoms with Gasteiger partial charge in [-0.3, -0.25) is 4.99 Å². The van der Waals surface area contributed by atoms with Crippen LogP contribution in [0.4, 0.5) is 13.2 Å². The van der Waals surface area contributed by atoms with Crippen molar-refractivity contribution >= 4 is 12.1 Å². The van der Waals surface area contributed by atoms with Gasteiger partial charge < -0.3 is 0 Å². The molecule has 0 aliphatic carbocycles. The Morgan fingerprint density at radius 2 is 1.75 bits per heavy atom. The van der Waals surface area contributed by atoms with E-state index in [0.717, 1.165) is 7.05 Å². The molecular formula is C11H19F3N2. The molecule has 0 aromatic heterocycles. The molecule has 0 bridgehead atoms. The first kappa shape index (κ1) is 15.1. The van der Waals surface area contributed by atoms with Gasteiger partial charge in [0.2, 0.25) is 5.84 Å². The van der Waals surface area contributed by atoms with E-state index in [9.17, 15) is 13.2 Å². The van der Waals surface area contributed by atoms with Crippen LogP contribution in [-0.4, -0.2) is 25.3 Å². The second kappa shape index (κ2) is 5.46. The fourth-order valence-corrected chi connectivity index (χ4v) is 0.909. The maximum absolute atomic E-state index is 12.2. The molecule has 2 nitrogen and oxygen atoms in total. The smallest absolute Gasteiger partial charge is 0.266 e. The van der Waals surface area contributed by atoms with Crippen LogP contribution in [0.2, 0.25) is 0 Å². The molecule has 16 heavy (non-hydrogen) atoms. The normalized spacial score (nSPS) is 16.9. The van der Waals surface area contributed by atoms with Crippen molar-refractivity contribution < 1.29 is 13.2 Å². The van der Waals surface area contributed by atoms with Crippen molar-refractivity contribution in [2.24, 2.45) is 21.3 Å². The van der Waals surface area contributed by atoms with E-state index < -0.39 is 12.0 Å². The third-order valence-corrected chi connectivity index (χ3v) is 2.62. The van der Waals surface area contributed by atoms with E-state index >= 15 is 0 Å². The predicted octanol–water partition coefficient (Wildman–Crippen LogP) is 3.72. The van der Waals surface area contributed by atoms with Crippen molar-refractivity contribution in [3.05, 3.63) is 0 Å². The lowest BCUT2D eigenvalue weighted by Gasteiger charge is -2.25. The van der Waals surface area contributed by atoms with Gasteiger partial charge in [0.25, 0.3) is 0 Å². The summed E-state index contributed by atoms with van der Waals surface area (Å²) >= 11 is 0. The molecule has 0 fully saturated rings. The van der Waals surface area contributed by atoms with E-state index in [4.69, 9.17) is 0 Å². The van der Waals surface area contributed by atoms with Gasteiger partial charge >= 0.3 is 6.18 Å². The molecule has 0 aliphatic heterocycles. The zero-order valence-corrected chi connectivity index (χ0v) is 10.4. The topological polar surface area (TPSA) is 24.7 Å². The Morgan fingerprint density at radius 3 is 2.06 bits per heavy atom. The summed E-state index contributed by atoms with van der Waals surface area (Å²) in [5.74, 6) is -0.809. The number of aliphatic imine (C=N–C) groups is 2. The van der Waals surface area contributed by atoms with Crippen molar-refractivity contribution in [3.8, 4) is 0 Å². The number of rotatable bonds is 2. The average molecular weight is 236 g/mol. The first-order valence-corrected chi connectivity index (χ1v) is 5.15. The van der Waals surface area contributed by atoms with Gasteiger partial charge in [-0.2, -0.15) is 13.2 Å². The van der Waals surface area contributed by atoms with Crippen LogP contribution in [-0.2, 0) is 0 Å². The van der Waals surface area contributed by atoms with E-state index in [-0.39, 0.29) is 11.3 Å². The van der Waals surface area contributed by atoms with Crippen molar-refractivity contribution in [3.63, 3.8) is 0 Å². The average Bonchev–Trinajstić information content (AvgIpc) is 2.08. The van der Waals surface area contributed by atoms with E-state index in [1.165, 1.54) is 6.21 Å². The Kier molecular flexibility index (Phi) is 5.16. The molecule has 0 spiro atoms. The van der Waals surface area contributed by atoms with Gasteiger partial charge in [0.15, 0.2) is 0 Å². The maximum atomic E-state index is 12.2. The molecule has 0 aliphatic rings. The summed E-state index contributed by atoms with van der Waals surface area (Å²) in [6, 6.07) is 0. The Balaban J connectivity index is 4.42. The van der Waals surface area contributed by atoms with E-state index in [1.807, 2.05) is 27.7 Å². The first-order chi connectivity index (χ1) is 7.09. The molecule has 94 valence electrons. The van der Waals surface area contributed by atoms with Crippen molar-refractivity contribution in [1.29, 1.82) is 0 Å². The maximum Gasteiger partial charge on any atom is 0.451 e. The molecule has 0 rings (SSSR count). The zero-order chi connectivity index (χ0) is 13.0. The van der Waals surface area contributed by atoms with Gasteiger partial charge in [0, 0.05) is 13.3 Å². The highest BCUT2D eigenvalue weighted by Crippen LogP contribution is 2.27. The molecular weight excluding hydrogens is 217 g/mol. The monoisotopic (exact) mass is 236 g/mol. The highest BCUT2D eigenvalue weighted by atomic mass is 19.4. The summed E-state index contributed by atoms with van der Waals surface area (Å²) in [6.07, 6.45) is -2.65. The number of nitrogens with zero attached hydrogens (tertiary/aromatic N) is 2. The van der Waals surface area contributed by atoms with Crippen molar-refractivity contribution in [2.45, 2.75) is 40.3 Å². The lowest BCUT2D eigenvalue weighted by molar-refractivity contribution is -0.0597. The number of hydrogen-bond donors (Lipinski definition) is 0. The third kappa shape index (κ3) is 5.28. The van der Waals surface area contributed by atoms with Crippen LogP contribution in [0.3, 0.4) is 0 Å². The number of amidine groups is 1. The van der Waals surface area contributed by atoms with Crippen LogP contribution in [0.25, 0.3) is 0 Å². The minimum absolute atomic E-state index is 0.0633. The van der Waals surface area contributed by atoms with Crippen molar-refractivity contribution in [2.75, 3.05) is 7.05 Å². The molecule has 0 unspecified atom stereocenters. The van der Waals surface area contributed by atoms with E-state index in [2.05, 4.69) is 9.98 Å². The lowest BCUT2D eigenvalue weighted by Crippen LogP contribution is -2.22. The summed E-state index contributed by atoms with van der Waals surface area (Å²) in [6.45, 7) is 8.13. The van der Waals surface area contributed by atoms with Gasteiger partial charge in [-0.1, -0.05) is 27.7 Å². The Hall–Kier alpha value is -0.870. The van der Waals surface area contributed by atoms with Crippen LogP contribution >= 0.6 is 0 Å². The van der Waals surface area contributed by atoms with Crippen LogP contribution in [0.1, 0.15) is 34.1 Å². The van der Waals surface area contributed by atoms with E-state index in [0.29, 0.717) is 6.42 Å². The third-order valence-electron chi connectivity index (χ3n) is 2.62. The quantitative estimate of drug-likeness (QED) is 0.515. The highest BCUT2D eigenvalue weighted by molar-refractivity contribution is 5.93. The molecule has 1 atom stereocenters. The largest absolute Gasteiger partial charge is 0.451 e. The van der Waals surface area contributed by atoms with Crippen LogP contribution in [0, 0.1) is 11.3 Å². The van der Waals surface area contributed by atoms with Crippen LogP contribution in [0.5, 0.6) is 0 Å². The van der Waals surface area contributed by atoms with Gasteiger partial charge in [0.1, 0.15) is 0 Å². The number of hydrogen-bond acceptors (Lipinski definition) is 1. The molecule has 0 aromatic carbocycles. The van der Waals surface area contributed by atoms with Crippen LogP contribution in [0.15, 0.2) is 9.98 Å². The highest BCUT2D eigenvalue weighted by Gasteiger charge is 2.35. The fourth-order valence-electron chi connectivity index (χ4n) is 0.909. The second-order valence-corrected chi connectivity index (χ2v) is 4.86. The zero-order valence-electron chi connectivity index (χ0n) is 10.4. The lowest BCUT2D eigenvalue weighted by atomic mass is 9.80. The van der Waals surface area contributed by atoms with Gasteiger partial charge in [-0.05, 0) is 17.8 Å². The fraction of sp³-hybridized carbons (Fsp3) is 0.818. The number of alkyl halides is 3. The first-order valence-electron chi connectivity index (χ1n) is 5.15. The summed E-state index contributed by atoms with van der Waals surface area (Å²) in [5.41, 5.74) is 0.0633. The summed E-state index contributed by atoms with van der Waals surface area (Å²) in [4.78, 5) is 6.48. The molecule has 0 N–H and O–H groups in total. The minimum atomic E-state index is -4.46. The Labute approximate surface area is 94.7 Å². The SMILES string of the molecule is CN=C(N=CC[C@@H](C)C(C)(C)C)C(F)(F)F. The molecule has 0 saturated heterocycles. The predicted molar refractivity (Wildman–Crippen MR) is 61.1 cm³/mol. The minimum Gasteiger partial charge on any atom is -0.266 e. The molecule has 0 saturated carbocycles. The summed E-state index contributed by atoms with van der Waals surface area (Å²) in [7, 11) is 1.09. The Morgan fingerprint density at radius 1 is 1.25 bits per heavy atom. The van der Waals surface area contributed by atoms with Gasteiger partial charge in [0.05, 0.1) is 0 Å². The standard InChI is InChI=1S/C11H19F3N2/c1-8(10(2,3)4)6-7-16-9(15-5)11(12,13)14/h7-8H,6H2,1-5H3/t8-/m1/s1. The van der Waals surface area contributed by atoms with Crippen molar-refractivity contribution in [1.82, 2.24) is 0 Å². The van der Waals surface area contributed by atoms with Crippen LogP contribution < -0.4 is 0 Å². The molecule has 0 radical (unpaired) electrons. The number of halogens is 3. The van der Waals surface area contributed by atoms with E-state index in [1.54, 1.807) is 0 Å². The van der Waals surface area contributed by atoms with Gasteiger partial charge in [-0.25, -0.2) is 4.99 Å². The summed E-state index contributed by atoms with van der Waals surface area (Å²) < 4.78 is 36.7. The molecule has 0 amide bonds. The molecule has 0 aromatic rings. The Bertz CT molecular complexity index is 272. The molecule has 5 heteroatoms.